The van der Waals surface area contributed by atoms with Gasteiger partial charge in [-0.15, -0.1) is 0 Å². The average Bonchev–Trinajstić information content (AvgIpc) is 3.37. The number of thioether (sulfide) groups is 1. The molecule has 0 aliphatic carbocycles. The number of fused-ring (bicyclic) bond motifs is 1. The smallest absolute Gasteiger partial charge is 0.160 e. The molecule has 5 nitrogen and oxygen atoms in total. The molecule has 1 fully saturated rings. The fourth-order valence-corrected chi connectivity index (χ4v) is 5.06. The predicted molar refractivity (Wildman–Crippen MR) is 109 cm³/mol. The van der Waals surface area contributed by atoms with Gasteiger partial charge in [-0.2, -0.15) is 0 Å². The highest BCUT2D eigenvalue weighted by Gasteiger charge is 2.44. The average molecular weight is 376 g/mol. The molecule has 2 aliphatic rings. The molecule has 0 bridgehead atoms. The molecule has 3 atom stereocenters. The Hall–Kier alpha value is -2.60. The summed E-state index contributed by atoms with van der Waals surface area (Å²) in [7, 11) is 0. The second-order valence-electron chi connectivity index (χ2n) is 7.06. The third-order valence-electron chi connectivity index (χ3n) is 5.12. The van der Waals surface area contributed by atoms with Gasteiger partial charge in [-0.3, -0.25) is 15.0 Å². The molecule has 3 aromatic rings. The first-order valence-corrected chi connectivity index (χ1v) is 10.1. The topological polar surface area (TPSA) is 46.3 Å². The minimum atomic E-state index is 0.0312. The quantitative estimate of drug-likeness (QED) is 0.693. The van der Waals surface area contributed by atoms with Crippen molar-refractivity contribution >= 4 is 16.9 Å². The summed E-state index contributed by atoms with van der Waals surface area (Å²) in [6, 6.07) is 14.8. The van der Waals surface area contributed by atoms with Gasteiger partial charge in [-0.05, 0) is 35.9 Å². The first-order chi connectivity index (χ1) is 13.3. The summed E-state index contributed by atoms with van der Waals surface area (Å²) >= 11 is 1.87. The van der Waals surface area contributed by atoms with Gasteiger partial charge in [-0.25, -0.2) is 0 Å². The van der Waals surface area contributed by atoms with Crippen molar-refractivity contribution in [3.63, 3.8) is 0 Å². The van der Waals surface area contributed by atoms with Gasteiger partial charge in [-0.1, -0.05) is 30.8 Å². The summed E-state index contributed by atoms with van der Waals surface area (Å²) in [5, 5.41) is 1.72. The number of hydrogen-bond donors (Lipinski definition) is 0. The maximum absolute atomic E-state index is 5.07. The van der Waals surface area contributed by atoms with Crippen LogP contribution in [0.1, 0.15) is 36.0 Å². The van der Waals surface area contributed by atoms with Crippen molar-refractivity contribution in [2.45, 2.75) is 30.8 Å². The van der Waals surface area contributed by atoms with Crippen molar-refractivity contribution < 1.29 is 0 Å². The number of aliphatic imine (C=N–C) groups is 1. The van der Waals surface area contributed by atoms with Crippen LogP contribution in [-0.2, 0) is 6.54 Å². The molecule has 5 heterocycles. The molecule has 0 aromatic carbocycles. The Bertz CT molecular complexity index is 953. The summed E-state index contributed by atoms with van der Waals surface area (Å²) in [5.41, 5.74) is 3.52. The molecule has 3 aromatic heterocycles. The van der Waals surface area contributed by atoms with Gasteiger partial charge in [0.15, 0.2) is 5.17 Å². The Labute approximate surface area is 163 Å². The van der Waals surface area contributed by atoms with Crippen LogP contribution < -0.4 is 0 Å². The van der Waals surface area contributed by atoms with Crippen LogP contribution in [0.25, 0.3) is 0 Å². The van der Waals surface area contributed by atoms with Gasteiger partial charge in [0.25, 0.3) is 0 Å². The van der Waals surface area contributed by atoms with E-state index in [1.54, 1.807) is 0 Å². The van der Waals surface area contributed by atoms with Crippen LogP contribution in [0.2, 0.25) is 0 Å². The minimum absolute atomic E-state index is 0.0312. The van der Waals surface area contributed by atoms with E-state index in [0.29, 0.717) is 5.25 Å². The van der Waals surface area contributed by atoms with Crippen LogP contribution in [0.5, 0.6) is 0 Å². The lowest BCUT2D eigenvalue weighted by atomic mass is 10.0. The number of amidine groups is 1. The Balaban J connectivity index is 1.53. The third-order valence-corrected chi connectivity index (χ3v) is 6.23. The Morgan fingerprint density at radius 3 is 2.89 bits per heavy atom. The van der Waals surface area contributed by atoms with Crippen molar-refractivity contribution in [2.75, 3.05) is 6.54 Å². The maximum atomic E-state index is 5.07. The van der Waals surface area contributed by atoms with Crippen LogP contribution in [0.3, 0.4) is 0 Å². The lowest BCUT2D eigenvalue weighted by molar-refractivity contribution is 0.308. The van der Waals surface area contributed by atoms with Gasteiger partial charge in [0.2, 0.25) is 0 Å². The molecule has 0 radical (unpaired) electrons. The van der Waals surface area contributed by atoms with Crippen molar-refractivity contribution in [2.24, 2.45) is 4.99 Å². The number of pyridine rings is 2. The molecule has 5 rings (SSSR count). The van der Waals surface area contributed by atoms with Crippen LogP contribution in [0.4, 0.5) is 0 Å². The zero-order valence-corrected chi connectivity index (χ0v) is 16.0. The molecule has 27 heavy (non-hydrogen) atoms. The zero-order chi connectivity index (χ0) is 18.2. The van der Waals surface area contributed by atoms with E-state index in [0.717, 1.165) is 24.0 Å². The van der Waals surface area contributed by atoms with E-state index in [1.165, 1.54) is 11.3 Å². The molecule has 0 unspecified atom stereocenters. The molecular formula is C21H21N5S. The number of nitrogens with zero attached hydrogens (tertiary/aromatic N) is 5. The lowest BCUT2D eigenvalue weighted by Gasteiger charge is -2.28. The van der Waals surface area contributed by atoms with E-state index in [2.05, 4.69) is 56.8 Å². The molecule has 6 heteroatoms. The summed E-state index contributed by atoms with van der Waals surface area (Å²) in [4.78, 5) is 16.4. The van der Waals surface area contributed by atoms with E-state index in [4.69, 9.17) is 4.99 Å². The molecule has 0 N–H and O–H groups in total. The van der Waals surface area contributed by atoms with E-state index in [9.17, 15) is 0 Å². The van der Waals surface area contributed by atoms with Crippen molar-refractivity contribution in [1.82, 2.24) is 19.4 Å². The largest absolute Gasteiger partial charge is 0.345 e. The number of hydrogen-bond acceptors (Lipinski definition) is 5. The van der Waals surface area contributed by atoms with E-state index in [1.807, 2.05) is 48.6 Å². The van der Waals surface area contributed by atoms with Gasteiger partial charge in [0.05, 0.1) is 11.7 Å². The Morgan fingerprint density at radius 2 is 2.07 bits per heavy atom. The lowest BCUT2D eigenvalue weighted by Crippen LogP contribution is -2.30. The third kappa shape index (κ3) is 3.04. The van der Waals surface area contributed by atoms with Crippen LogP contribution >= 0.6 is 11.8 Å². The minimum Gasteiger partial charge on any atom is -0.345 e. The Morgan fingerprint density at radius 1 is 1.11 bits per heavy atom. The first kappa shape index (κ1) is 16.6. The molecule has 0 spiro atoms. The highest BCUT2D eigenvalue weighted by molar-refractivity contribution is 8.14. The summed E-state index contributed by atoms with van der Waals surface area (Å²) in [6.07, 6.45) is 7.77. The van der Waals surface area contributed by atoms with Gasteiger partial charge in [0.1, 0.15) is 6.04 Å². The standard InChI is InChI=1S/C21H21N5S/c1-15-13-26-20(19(24-21(26)27-15)17-7-2-3-10-23-17)18-8-5-11-25(18)14-16-6-4-9-22-12-16/h2-12,15,19-20H,13-14H2,1H3/t15-,19-,20-/m1/s1. The van der Waals surface area contributed by atoms with Crippen molar-refractivity contribution in [3.8, 4) is 0 Å². The summed E-state index contributed by atoms with van der Waals surface area (Å²) in [5.74, 6) is 0. The van der Waals surface area contributed by atoms with Crippen molar-refractivity contribution in [1.29, 1.82) is 0 Å². The van der Waals surface area contributed by atoms with Crippen LogP contribution in [0, 0.1) is 0 Å². The molecule has 136 valence electrons. The van der Waals surface area contributed by atoms with E-state index >= 15 is 0 Å². The van der Waals surface area contributed by atoms with Crippen LogP contribution in [-0.4, -0.2) is 36.4 Å². The van der Waals surface area contributed by atoms with E-state index < -0.39 is 0 Å². The zero-order valence-electron chi connectivity index (χ0n) is 15.1. The number of rotatable bonds is 4. The number of aromatic nitrogens is 3. The second kappa shape index (κ2) is 6.85. The summed E-state index contributed by atoms with van der Waals surface area (Å²) in [6.45, 7) is 4.11. The normalized spacial score (nSPS) is 24.1. The SMILES string of the molecule is C[C@@H]1CN2C(=N[C@H](c3ccccn3)[C@H]2c2cccn2Cc2cccnc2)S1. The second-order valence-corrected chi connectivity index (χ2v) is 8.46. The molecule has 1 saturated heterocycles. The summed E-state index contributed by atoms with van der Waals surface area (Å²) < 4.78 is 2.32. The highest BCUT2D eigenvalue weighted by atomic mass is 32.2. The fourth-order valence-electron chi connectivity index (χ4n) is 3.97. The van der Waals surface area contributed by atoms with Crippen LogP contribution in [0.15, 0.2) is 72.2 Å². The highest BCUT2D eigenvalue weighted by Crippen LogP contribution is 2.47. The van der Waals surface area contributed by atoms with Crippen molar-refractivity contribution in [3.05, 3.63) is 84.2 Å². The Kier molecular flexibility index (Phi) is 4.20. The molecular weight excluding hydrogens is 354 g/mol. The fraction of sp³-hybridized carbons (Fsp3) is 0.286. The molecule has 0 saturated carbocycles. The van der Waals surface area contributed by atoms with E-state index in [-0.39, 0.29) is 12.1 Å². The van der Waals surface area contributed by atoms with Gasteiger partial charge in [0, 0.05) is 48.8 Å². The monoisotopic (exact) mass is 375 g/mol. The van der Waals surface area contributed by atoms with Gasteiger partial charge < -0.3 is 9.47 Å². The van der Waals surface area contributed by atoms with Gasteiger partial charge >= 0.3 is 0 Å². The maximum Gasteiger partial charge on any atom is 0.160 e. The molecule has 2 aliphatic heterocycles. The molecule has 0 amide bonds. The predicted octanol–water partition coefficient (Wildman–Crippen LogP) is 3.92. The first-order valence-electron chi connectivity index (χ1n) is 9.25.